The van der Waals surface area contributed by atoms with Gasteiger partial charge < -0.3 is 11.1 Å². The third-order valence-electron chi connectivity index (χ3n) is 4.27. The summed E-state index contributed by atoms with van der Waals surface area (Å²) in [5, 5.41) is 3.64. The molecule has 1 aliphatic rings. The number of carbonyl (C=O) groups excluding carboxylic acids is 1. The lowest BCUT2D eigenvalue weighted by Crippen LogP contribution is -2.43. The number of primary amides is 1. The fourth-order valence-electron chi connectivity index (χ4n) is 2.95. The van der Waals surface area contributed by atoms with E-state index in [1.54, 1.807) is 6.07 Å². The van der Waals surface area contributed by atoms with E-state index in [-0.39, 0.29) is 5.91 Å². The quantitative estimate of drug-likeness (QED) is 0.874. The minimum atomic E-state index is -0.361. The first-order valence-electron chi connectivity index (χ1n) is 7.11. The fourth-order valence-corrected chi connectivity index (χ4v) is 2.95. The predicted molar refractivity (Wildman–Crippen MR) is 77.8 cm³/mol. The Labute approximate surface area is 115 Å². The number of hydrogen-bond donors (Lipinski definition) is 2. The molecule has 1 atom stereocenters. The molecule has 1 amide bonds. The lowest BCUT2D eigenvalue weighted by molar-refractivity contribution is 0.1000. The molecule has 0 spiro atoms. The average molecular weight is 260 g/mol. The highest BCUT2D eigenvalue weighted by Gasteiger charge is 2.31. The maximum Gasteiger partial charge on any atom is 0.248 e. The van der Waals surface area contributed by atoms with Gasteiger partial charge in [-0.3, -0.25) is 4.79 Å². The second kappa shape index (κ2) is 5.74. The number of hydrogen-bond acceptors (Lipinski definition) is 2. The van der Waals surface area contributed by atoms with Gasteiger partial charge >= 0.3 is 0 Å². The number of carbonyl (C=O) groups is 1. The number of nitrogens with two attached hydrogens (primary N) is 1. The maximum atomic E-state index is 11.2. The smallest absolute Gasteiger partial charge is 0.248 e. The number of nitrogens with one attached hydrogen (secondary N) is 1. The van der Waals surface area contributed by atoms with Crippen molar-refractivity contribution < 1.29 is 4.79 Å². The molecule has 0 heterocycles. The molecule has 3 nitrogen and oxygen atoms in total. The molecule has 0 bridgehead atoms. The molecule has 2 rings (SSSR count). The molecule has 0 aromatic heterocycles. The summed E-state index contributed by atoms with van der Waals surface area (Å²) in [6.07, 6.45) is 5.17. The van der Waals surface area contributed by atoms with Gasteiger partial charge in [0.15, 0.2) is 0 Å². The van der Waals surface area contributed by atoms with Crippen molar-refractivity contribution in [2.45, 2.75) is 52.1 Å². The van der Waals surface area contributed by atoms with Crippen molar-refractivity contribution in [2.24, 2.45) is 11.1 Å². The molecule has 1 saturated carbocycles. The van der Waals surface area contributed by atoms with Gasteiger partial charge in [0.25, 0.3) is 0 Å². The third-order valence-corrected chi connectivity index (χ3v) is 4.27. The van der Waals surface area contributed by atoms with Crippen molar-refractivity contribution in [3.05, 3.63) is 35.4 Å². The number of rotatable bonds is 4. The standard InChI is InChI=1S/C16H24N2O/c1-16(2)9-4-3-8-14(16)18-11-12-6-5-7-13(10-12)15(17)19/h5-7,10,14,18H,3-4,8-9,11H2,1-2H3,(H2,17,19). The van der Waals surface area contributed by atoms with Gasteiger partial charge in [-0.05, 0) is 36.0 Å². The van der Waals surface area contributed by atoms with Crippen molar-refractivity contribution in [3.63, 3.8) is 0 Å². The van der Waals surface area contributed by atoms with Crippen LogP contribution in [0.2, 0.25) is 0 Å². The molecule has 3 heteroatoms. The van der Waals surface area contributed by atoms with Crippen molar-refractivity contribution in [2.75, 3.05) is 0 Å². The largest absolute Gasteiger partial charge is 0.366 e. The van der Waals surface area contributed by atoms with Gasteiger partial charge in [0.1, 0.15) is 0 Å². The van der Waals surface area contributed by atoms with Crippen LogP contribution in [0.25, 0.3) is 0 Å². The van der Waals surface area contributed by atoms with E-state index in [9.17, 15) is 4.79 Å². The lowest BCUT2D eigenvalue weighted by Gasteiger charge is -2.39. The summed E-state index contributed by atoms with van der Waals surface area (Å²) in [5.74, 6) is -0.361. The zero-order valence-corrected chi connectivity index (χ0v) is 11.9. The topological polar surface area (TPSA) is 55.1 Å². The zero-order valence-electron chi connectivity index (χ0n) is 11.9. The number of amides is 1. The summed E-state index contributed by atoms with van der Waals surface area (Å²) in [5.41, 5.74) is 7.37. The highest BCUT2D eigenvalue weighted by molar-refractivity contribution is 5.92. The predicted octanol–water partition coefficient (Wildman–Crippen LogP) is 2.84. The summed E-state index contributed by atoms with van der Waals surface area (Å²) in [4.78, 5) is 11.2. The van der Waals surface area contributed by atoms with Gasteiger partial charge in [-0.2, -0.15) is 0 Å². The molecule has 3 N–H and O–H groups in total. The van der Waals surface area contributed by atoms with Crippen molar-refractivity contribution >= 4 is 5.91 Å². The molecule has 1 fully saturated rings. The van der Waals surface area contributed by atoms with Crippen LogP contribution in [-0.4, -0.2) is 11.9 Å². The Morgan fingerprint density at radius 3 is 2.89 bits per heavy atom. The Bertz CT molecular complexity index is 454. The van der Waals surface area contributed by atoms with E-state index in [1.165, 1.54) is 25.7 Å². The molecule has 104 valence electrons. The van der Waals surface area contributed by atoms with E-state index in [1.807, 2.05) is 18.2 Å². The first kappa shape index (κ1) is 14.1. The number of benzene rings is 1. The Balaban J connectivity index is 1.98. The van der Waals surface area contributed by atoms with Gasteiger partial charge in [-0.1, -0.05) is 38.8 Å². The third kappa shape index (κ3) is 3.57. The normalized spacial score (nSPS) is 22.1. The molecule has 1 unspecified atom stereocenters. The summed E-state index contributed by atoms with van der Waals surface area (Å²) in [6, 6.07) is 8.12. The van der Waals surface area contributed by atoms with Crippen LogP contribution in [0.4, 0.5) is 0 Å². The highest BCUT2D eigenvalue weighted by atomic mass is 16.1. The summed E-state index contributed by atoms with van der Waals surface area (Å²) in [6.45, 7) is 5.47. The van der Waals surface area contributed by atoms with E-state index in [0.717, 1.165) is 12.1 Å². The van der Waals surface area contributed by atoms with E-state index in [0.29, 0.717) is 17.0 Å². The van der Waals surface area contributed by atoms with E-state index in [2.05, 4.69) is 19.2 Å². The molecule has 1 aromatic carbocycles. The highest BCUT2D eigenvalue weighted by Crippen LogP contribution is 2.35. The lowest BCUT2D eigenvalue weighted by atomic mass is 9.73. The van der Waals surface area contributed by atoms with Gasteiger partial charge in [0.2, 0.25) is 5.91 Å². The molecular formula is C16H24N2O. The molecular weight excluding hydrogens is 236 g/mol. The zero-order chi connectivity index (χ0) is 13.9. The second-order valence-corrected chi connectivity index (χ2v) is 6.23. The van der Waals surface area contributed by atoms with Crippen LogP contribution in [0.3, 0.4) is 0 Å². The molecule has 0 saturated heterocycles. The Morgan fingerprint density at radius 2 is 2.21 bits per heavy atom. The van der Waals surface area contributed by atoms with Gasteiger partial charge in [0.05, 0.1) is 0 Å². The van der Waals surface area contributed by atoms with Gasteiger partial charge in [0, 0.05) is 18.2 Å². The van der Waals surface area contributed by atoms with E-state index >= 15 is 0 Å². The SMILES string of the molecule is CC1(C)CCCCC1NCc1cccc(C(N)=O)c1. The van der Waals surface area contributed by atoms with Crippen molar-refractivity contribution in [1.82, 2.24) is 5.32 Å². The Kier molecular flexibility index (Phi) is 4.25. The van der Waals surface area contributed by atoms with E-state index in [4.69, 9.17) is 5.73 Å². The molecule has 19 heavy (non-hydrogen) atoms. The minimum absolute atomic E-state index is 0.361. The van der Waals surface area contributed by atoms with Crippen LogP contribution >= 0.6 is 0 Å². The van der Waals surface area contributed by atoms with Crippen molar-refractivity contribution in [1.29, 1.82) is 0 Å². The molecule has 1 aromatic rings. The average Bonchev–Trinajstić information content (AvgIpc) is 2.37. The summed E-state index contributed by atoms with van der Waals surface area (Å²) < 4.78 is 0. The monoisotopic (exact) mass is 260 g/mol. The first-order chi connectivity index (χ1) is 8.99. The fraction of sp³-hybridized carbons (Fsp3) is 0.562. The maximum absolute atomic E-state index is 11.2. The van der Waals surface area contributed by atoms with Crippen LogP contribution in [0.15, 0.2) is 24.3 Å². The summed E-state index contributed by atoms with van der Waals surface area (Å²) in [7, 11) is 0. The summed E-state index contributed by atoms with van der Waals surface area (Å²) >= 11 is 0. The molecule has 0 aliphatic heterocycles. The molecule has 0 radical (unpaired) electrons. The van der Waals surface area contributed by atoms with Gasteiger partial charge in [-0.25, -0.2) is 0 Å². The second-order valence-electron chi connectivity index (χ2n) is 6.23. The van der Waals surface area contributed by atoms with Crippen LogP contribution < -0.4 is 11.1 Å². The van der Waals surface area contributed by atoms with E-state index < -0.39 is 0 Å². The minimum Gasteiger partial charge on any atom is -0.366 e. The van der Waals surface area contributed by atoms with Crippen LogP contribution in [-0.2, 0) is 6.54 Å². The van der Waals surface area contributed by atoms with Crippen LogP contribution in [0, 0.1) is 5.41 Å². The Morgan fingerprint density at radius 1 is 1.42 bits per heavy atom. The van der Waals surface area contributed by atoms with Gasteiger partial charge in [-0.15, -0.1) is 0 Å². The van der Waals surface area contributed by atoms with Crippen molar-refractivity contribution in [3.8, 4) is 0 Å². The van der Waals surface area contributed by atoms with Crippen LogP contribution in [0.5, 0.6) is 0 Å². The first-order valence-corrected chi connectivity index (χ1v) is 7.11. The molecule has 1 aliphatic carbocycles. The Hall–Kier alpha value is -1.35. The van der Waals surface area contributed by atoms with Crippen LogP contribution in [0.1, 0.15) is 55.5 Å².